The van der Waals surface area contributed by atoms with Crippen LogP contribution in [0.4, 0.5) is 0 Å². The average Bonchev–Trinajstić information content (AvgIpc) is 2.81. The lowest BCUT2D eigenvalue weighted by Crippen LogP contribution is -2.10. The average molecular weight is 317 g/mol. The zero-order chi connectivity index (χ0) is 13.4. The van der Waals surface area contributed by atoms with Crippen molar-refractivity contribution in [3.05, 3.63) is 64.0 Å². The quantitative estimate of drug-likeness (QED) is 0.779. The molecule has 2 heterocycles. The van der Waals surface area contributed by atoms with Gasteiger partial charge in [-0.25, -0.2) is 4.98 Å². The van der Waals surface area contributed by atoms with E-state index in [0.29, 0.717) is 0 Å². The number of aryl methyl sites for hydroxylation is 1. The molecule has 0 aliphatic rings. The topological polar surface area (TPSA) is 52.0 Å². The summed E-state index contributed by atoms with van der Waals surface area (Å²) in [7, 11) is 0. The number of benzene rings is 1. The van der Waals surface area contributed by atoms with Crippen molar-refractivity contribution < 1.29 is 4.42 Å². The summed E-state index contributed by atoms with van der Waals surface area (Å²) in [5.74, 6) is 0.732. The zero-order valence-corrected chi connectivity index (χ0v) is 12.0. The van der Waals surface area contributed by atoms with Crippen molar-refractivity contribution in [2.45, 2.75) is 13.0 Å². The lowest BCUT2D eigenvalue weighted by atomic mass is 10.1. The van der Waals surface area contributed by atoms with Gasteiger partial charge in [0.15, 0.2) is 5.58 Å². The van der Waals surface area contributed by atoms with Crippen LogP contribution in [0.3, 0.4) is 0 Å². The Balaban J connectivity index is 2.01. The van der Waals surface area contributed by atoms with Crippen molar-refractivity contribution in [2.24, 2.45) is 5.73 Å². The largest absolute Gasteiger partial charge is 0.457 e. The van der Waals surface area contributed by atoms with Crippen LogP contribution in [-0.4, -0.2) is 4.98 Å². The molecule has 0 radical (unpaired) electrons. The monoisotopic (exact) mass is 316 g/mol. The van der Waals surface area contributed by atoms with E-state index in [9.17, 15) is 0 Å². The Bertz CT molecular complexity index is 719. The molecule has 96 valence electrons. The molecule has 1 atom stereocenters. The minimum atomic E-state index is -0.275. The number of nitrogens with zero attached hydrogens (tertiary/aromatic N) is 1. The highest BCUT2D eigenvalue weighted by Crippen LogP contribution is 2.26. The van der Waals surface area contributed by atoms with Gasteiger partial charge in [0.1, 0.15) is 11.3 Å². The first kappa shape index (κ1) is 12.4. The molecule has 0 saturated carbocycles. The van der Waals surface area contributed by atoms with Gasteiger partial charge in [-0.15, -0.1) is 0 Å². The molecule has 1 unspecified atom stereocenters. The molecule has 0 aliphatic carbocycles. The lowest BCUT2D eigenvalue weighted by Gasteiger charge is -2.08. The maximum absolute atomic E-state index is 6.23. The van der Waals surface area contributed by atoms with Crippen molar-refractivity contribution in [3.63, 3.8) is 0 Å². The van der Waals surface area contributed by atoms with Gasteiger partial charge in [-0.1, -0.05) is 28.1 Å². The van der Waals surface area contributed by atoms with Crippen LogP contribution in [0.25, 0.3) is 11.1 Å². The number of pyridine rings is 1. The Kier molecular flexibility index (Phi) is 3.12. The third-order valence-corrected chi connectivity index (χ3v) is 3.60. The fourth-order valence-electron chi connectivity index (χ4n) is 2.03. The van der Waals surface area contributed by atoms with E-state index in [1.807, 2.05) is 49.4 Å². The number of furan rings is 1. The Morgan fingerprint density at radius 2 is 1.89 bits per heavy atom. The molecule has 0 amide bonds. The van der Waals surface area contributed by atoms with Crippen molar-refractivity contribution in [1.82, 2.24) is 4.98 Å². The first-order valence-corrected chi connectivity index (χ1v) is 6.81. The number of nitrogens with two attached hydrogens (primary N) is 1. The van der Waals surface area contributed by atoms with Gasteiger partial charge in [0.05, 0.1) is 6.04 Å². The summed E-state index contributed by atoms with van der Waals surface area (Å²) in [6.07, 6.45) is 0. The summed E-state index contributed by atoms with van der Waals surface area (Å²) >= 11 is 3.41. The lowest BCUT2D eigenvalue weighted by molar-refractivity contribution is 0.525. The summed E-state index contributed by atoms with van der Waals surface area (Å²) in [4.78, 5) is 4.43. The Morgan fingerprint density at radius 1 is 1.16 bits per heavy atom. The van der Waals surface area contributed by atoms with E-state index in [1.165, 1.54) is 0 Å². The van der Waals surface area contributed by atoms with Gasteiger partial charge < -0.3 is 10.2 Å². The molecule has 2 aromatic heterocycles. The van der Waals surface area contributed by atoms with Crippen LogP contribution < -0.4 is 5.73 Å². The molecule has 0 spiro atoms. The van der Waals surface area contributed by atoms with E-state index < -0.39 is 0 Å². The van der Waals surface area contributed by atoms with E-state index in [2.05, 4.69) is 20.9 Å². The number of aromatic nitrogens is 1. The van der Waals surface area contributed by atoms with Crippen molar-refractivity contribution in [3.8, 4) is 0 Å². The molecule has 4 heteroatoms. The third kappa shape index (κ3) is 2.41. The van der Waals surface area contributed by atoms with Gasteiger partial charge in [-0.2, -0.15) is 0 Å². The maximum Gasteiger partial charge on any atom is 0.152 e. The highest BCUT2D eigenvalue weighted by Gasteiger charge is 2.14. The van der Waals surface area contributed by atoms with Crippen LogP contribution in [-0.2, 0) is 0 Å². The van der Waals surface area contributed by atoms with Crippen LogP contribution in [0.1, 0.15) is 23.1 Å². The minimum Gasteiger partial charge on any atom is -0.457 e. The molecule has 0 fully saturated rings. The van der Waals surface area contributed by atoms with Gasteiger partial charge in [-0.3, -0.25) is 0 Å². The maximum atomic E-state index is 6.23. The standard InChI is InChI=1S/C15H13BrN2O/c1-9-2-7-13-12(18-9)8-14(19-13)15(17)10-3-5-11(16)6-4-10/h2-8,15H,17H2,1H3. The van der Waals surface area contributed by atoms with Crippen LogP contribution in [0.2, 0.25) is 0 Å². The SMILES string of the molecule is Cc1ccc2oc(C(N)c3ccc(Br)cc3)cc2n1. The molecule has 0 saturated heterocycles. The molecular formula is C15H13BrN2O. The summed E-state index contributed by atoms with van der Waals surface area (Å²) in [5.41, 5.74) is 9.83. The van der Waals surface area contributed by atoms with Gasteiger partial charge >= 0.3 is 0 Å². The van der Waals surface area contributed by atoms with Crippen molar-refractivity contribution in [1.29, 1.82) is 0 Å². The molecule has 0 bridgehead atoms. The zero-order valence-electron chi connectivity index (χ0n) is 10.4. The van der Waals surface area contributed by atoms with Gasteiger partial charge in [0.2, 0.25) is 0 Å². The van der Waals surface area contributed by atoms with Crippen LogP contribution in [0.5, 0.6) is 0 Å². The Labute approximate surface area is 119 Å². The molecule has 0 aliphatic heterocycles. The number of halogens is 1. The molecule has 19 heavy (non-hydrogen) atoms. The van der Waals surface area contributed by atoms with Gasteiger partial charge in [-0.05, 0) is 36.8 Å². The molecule has 3 rings (SSSR count). The summed E-state index contributed by atoms with van der Waals surface area (Å²) in [6, 6.07) is 13.4. The fraction of sp³-hybridized carbons (Fsp3) is 0.133. The van der Waals surface area contributed by atoms with E-state index in [-0.39, 0.29) is 6.04 Å². The number of rotatable bonds is 2. The van der Waals surface area contributed by atoms with Crippen LogP contribution in [0.15, 0.2) is 51.4 Å². The van der Waals surface area contributed by atoms with E-state index >= 15 is 0 Å². The molecular weight excluding hydrogens is 304 g/mol. The van der Waals surface area contributed by atoms with Crippen LogP contribution in [0, 0.1) is 6.92 Å². The predicted octanol–water partition coefficient (Wildman–Crippen LogP) is 3.95. The first-order valence-electron chi connectivity index (χ1n) is 6.01. The molecule has 2 N–H and O–H groups in total. The predicted molar refractivity (Wildman–Crippen MR) is 78.9 cm³/mol. The van der Waals surface area contributed by atoms with E-state index in [1.54, 1.807) is 0 Å². The smallest absolute Gasteiger partial charge is 0.152 e. The first-order chi connectivity index (χ1) is 9.13. The normalized spacial score (nSPS) is 12.8. The fourth-order valence-corrected chi connectivity index (χ4v) is 2.30. The molecule has 3 aromatic rings. The van der Waals surface area contributed by atoms with Crippen molar-refractivity contribution >= 4 is 27.0 Å². The summed E-state index contributed by atoms with van der Waals surface area (Å²) < 4.78 is 6.80. The summed E-state index contributed by atoms with van der Waals surface area (Å²) in [6.45, 7) is 1.96. The number of fused-ring (bicyclic) bond motifs is 1. The summed E-state index contributed by atoms with van der Waals surface area (Å²) in [5, 5.41) is 0. The Morgan fingerprint density at radius 3 is 2.63 bits per heavy atom. The highest BCUT2D eigenvalue weighted by atomic mass is 79.9. The highest BCUT2D eigenvalue weighted by molar-refractivity contribution is 9.10. The second-order valence-electron chi connectivity index (χ2n) is 4.51. The number of hydrogen-bond acceptors (Lipinski definition) is 3. The molecule has 3 nitrogen and oxygen atoms in total. The minimum absolute atomic E-state index is 0.275. The van der Waals surface area contributed by atoms with E-state index in [0.717, 1.165) is 32.6 Å². The van der Waals surface area contributed by atoms with Gasteiger partial charge in [0.25, 0.3) is 0 Å². The second-order valence-corrected chi connectivity index (χ2v) is 5.43. The van der Waals surface area contributed by atoms with Crippen LogP contribution >= 0.6 is 15.9 Å². The second kappa shape index (κ2) is 4.79. The van der Waals surface area contributed by atoms with Crippen molar-refractivity contribution in [2.75, 3.05) is 0 Å². The molecule has 1 aromatic carbocycles. The van der Waals surface area contributed by atoms with E-state index in [4.69, 9.17) is 10.2 Å². The third-order valence-electron chi connectivity index (χ3n) is 3.07. The Hall–Kier alpha value is -1.65. The number of hydrogen-bond donors (Lipinski definition) is 1. The van der Waals surface area contributed by atoms with Gasteiger partial charge in [0, 0.05) is 16.2 Å².